The summed E-state index contributed by atoms with van der Waals surface area (Å²) in [5.41, 5.74) is 0.265. The smallest absolute Gasteiger partial charge is 0.406 e. The lowest BCUT2D eigenvalue weighted by Crippen LogP contribution is -2.28. The highest BCUT2D eigenvalue weighted by atomic mass is 19.4. The number of aromatic nitrogens is 3. The van der Waals surface area contributed by atoms with Crippen molar-refractivity contribution in [2.45, 2.75) is 26.4 Å². The van der Waals surface area contributed by atoms with Crippen LogP contribution in [0.15, 0.2) is 63.3 Å². The van der Waals surface area contributed by atoms with Gasteiger partial charge in [-0.3, -0.25) is 0 Å². The molecule has 3 aromatic rings. The van der Waals surface area contributed by atoms with Crippen molar-refractivity contribution >= 4 is 5.71 Å². The molecule has 1 heterocycles. The molecule has 2 aromatic carbocycles. The van der Waals surface area contributed by atoms with E-state index in [0.29, 0.717) is 22.5 Å². The molecule has 0 spiro atoms. The maximum Gasteiger partial charge on any atom is 0.573 e. The van der Waals surface area contributed by atoms with Crippen LogP contribution in [0.5, 0.6) is 5.75 Å². The van der Waals surface area contributed by atoms with Gasteiger partial charge in [-0.2, -0.15) is 0 Å². The van der Waals surface area contributed by atoms with E-state index >= 15 is 0 Å². The summed E-state index contributed by atoms with van der Waals surface area (Å²) < 4.78 is 44.4. The number of halogens is 3. The molecule has 3 rings (SSSR count). The normalized spacial score (nSPS) is 11.8. The number of para-hydroxylation sites is 1. The van der Waals surface area contributed by atoms with Gasteiger partial charge in [0.1, 0.15) is 18.9 Å². The third kappa shape index (κ3) is 5.35. The minimum absolute atomic E-state index is 0.0726. The summed E-state index contributed by atoms with van der Waals surface area (Å²) >= 11 is 0. The predicted octanol–water partition coefficient (Wildman–Crippen LogP) is 2.81. The molecule has 33 heavy (non-hydrogen) atoms. The molecule has 0 aliphatic carbocycles. The molecule has 0 N–H and O–H groups in total. The zero-order valence-electron chi connectivity index (χ0n) is 17.7. The fourth-order valence-electron chi connectivity index (χ4n) is 3.06. The fourth-order valence-corrected chi connectivity index (χ4v) is 3.06. The third-order valence-electron chi connectivity index (χ3n) is 4.62. The Morgan fingerprint density at radius 2 is 1.85 bits per heavy atom. The van der Waals surface area contributed by atoms with Crippen LogP contribution in [-0.2, 0) is 25.0 Å². The molecular formula is C22H19F3N4O4. The molecule has 0 radical (unpaired) electrons. The van der Waals surface area contributed by atoms with Crippen molar-refractivity contribution in [3.63, 3.8) is 0 Å². The molecule has 0 amide bonds. The molecule has 0 saturated carbocycles. The van der Waals surface area contributed by atoms with Crippen molar-refractivity contribution in [3.05, 3.63) is 80.6 Å². The molecule has 0 bridgehead atoms. The lowest BCUT2D eigenvalue weighted by Gasteiger charge is -2.10. The van der Waals surface area contributed by atoms with E-state index in [-0.39, 0.29) is 18.9 Å². The number of hydrogen-bond donors (Lipinski definition) is 0. The minimum Gasteiger partial charge on any atom is -0.406 e. The van der Waals surface area contributed by atoms with Crippen LogP contribution in [-0.4, -0.2) is 26.0 Å². The first-order valence-electron chi connectivity index (χ1n) is 9.55. The first kappa shape index (κ1) is 23.5. The van der Waals surface area contributed by atoms with Gasteiger partial charge in [-0.15, -0.1) is 19.6 Å². The Morgan fingerprint density at radius 3 is 2.55 bits per heavy atom. The average Bonchev–Trinajstić information content (AvgIpc) is 2.96. The molecule has 0 aliphatic rings. The summed E-state index contributed by atoms with van der Waals surface area (Å²) in [7, 11) is 1.43. The monoisotopic (exact) mass is 460 g/mol. The highest BCUT2D eigenvalue weighted by Crippen LogP contribution is 2.23. The number of benzene rings is 2. The Kier molecular flexibility index (Phi) is 6.77. The summed E-state index contributed by atoms with van der Waals surface area (Å²) in [6.45, 7) is 1.37. The third-order valence-corrected chi connectivity index (χ3v) is 4.62. The molecule has 0 saturated heterocycles. The van der Waals surface area contributed by atoms with Crippen LogP contribution >= 0.6 is 0 Å². The molecular weight excluding hydrogens is 441 g/mol. The Bertz CT molecular complexity index is 1340. The number of nitrogens with zero attached hydrogens (tertiary/aromatic N) is 4. The first-order chi connectivity index (χ1) is 15.6. The van der Waals surface area contributed by atoms with Crippen LogP contribution in [0.1, 0.15) is 18.1 Å². The maximum absolute atomic E-state index is 12.7. The van der Waals surface area contributed by atoms with E-state index in [1.165, 1.54) is 25.2 Å². The summed E-state index contributed by atoms with van der Waals surface area (Å²) in [5.74, 6) is 1.94. The van der Waals surface area contributed by atoms with Crippen LogP contribution in [0.2, 0.25) is 0 Å². The van der Waals surface area contributed by atoms with Crippen molar-refractivity contribution in [3.8, 4) is 23.8 Å². The van der Waals surface area contributed by atoms with Gasteiger partial charge in [0.25, 0.3) is 0 Å². The lowest BCUT2D eigenvalue weighted by molar-refractivity contribution is -0.274. The number of rotatable bonds is 7. The van der Waals surface area contributed by atoms with E-state index in [1.807, 2.05) is 0 Å². The standard InChI is InChI=1S/C22H19F3N4O4/c1-4-12-28-21(31)29(20(30)27(28)3)19-11-6-5-8-17(19)14-32-26-15(2)16-9-7-10-18(13-16)33-22(23,24)25/h1,5-11,13H,12,14H2,2-3H3. The molecule has 8 nitrogen and oxygen atoms in total. The van der Waals surface area contributed by atoms with Crippen molar-refractivity contribution in [1.82, 2.24) is 13.9 Å². The van der Waals surface area contributed by atoms with Gasteiger partial charge in [0.05, 0.1) is 11.4 Å². The van der Waals surface area contributed by atoms with Gasteiger partial charge in [0.2, 0.25) is 0 Å². The minimum atomic E-state index is -4.81. The van der Waals surface area contributed by atoms with Gasteiger partial charge < -0.3 is 9.57 Å². The Morgan fingerprint density at radius 1 is 1.12 bits per heavy atom. The lowest BCUT2D eigenvalue weighted by atomic mass is 10.1. The van der Waals surface area contributed by atoms with Crippen molar-refractivity contribution < 1.29 is 22.7 Å². The number of terminal acetylenes is 1. The van der Waals surface area contributed by atoms with E-state index in [0.717, 1.165) is 13.9 Å². The highest BCUT2D eigenvalue weighted by Gasteiger charge is 2.31. The SMILES string of the molecule is C#CCn1c(=O)n(-c2ccccc2CON=C(C)c2cccc(OC(F)(F)F)c2)c(=O)n1C. The molecule has 0 aliphatic heterocycles. The van der Waals surface area contributed by atoms with E-state index in [1.54, 1.807) is 37.3 Å². The molecule has 0 unspecified atom stereocenters. The van der Waals surface area contributed by atoms with Crippen LogP contribution in [0, 0.1) is 12.3 Å². The Balaban J connectivity index is 1.84. The van der Waals surface area contributed by atoms with E-state index < -0.39 is 17.7 Å². The Hall–Kier alpha value is -4.20. The second-order valence-electron chi connectivity index (χ2n) is 6.84. The van der Waals surface area contributed by atoms with E-state index in [2.05, 4.69) is 15.8 Å². The second-order valence-corrected chi connectivity index (χ2v) is 6.84. The van der Waals surface area contributed by atoms with Gasteiger partial charge >= 0.3 is 17.7 Å². The van der Waals surface area contributed by atoms with Gasteiger partial charge in [-0.05, 0) is 25.1 Å². The number of alkyl halides is 3. The topological polar surface area (TPSA) is 79.8 Å². The average molecular weight is 460 g/mol. The second kappa shape index (κ2) is 9.52. The largest absolute Gasteiger partial charge is 0.573 e. The number of hydrogen-bond acceptors (Lipinski definition) is 5. The molecule has 172 valence electrons. The van der Waals surface area contributed by atoms with Crippen LogP contribution in [0.25, 0.3) is 5.69 Å². The summed E-state index contributed by atoms with van der Waals surface area (Å²) in [6.07, 6.45) is 0.468. The number of ether oxygens (including phenoxy) is 1. The van der Waals surface area contributed by atoms with Crippen molar-refractivity contribution in [2.75, 3.05) is 0 Å². The summed E-state index contributed by atoms with van der Waals surface area (Å²) in [5, 5.41) is 3.94. The Labute approximate surface area is 186 Å². The highest BCUT2D eigenvalue weighted by molar-refractivity contribution is 5.98. The van der Waals surface area contributed by atoms with Crippen LogP contribution in [0.3, 0.4) is 0 Å². The number of oxime groups is 1. The van der Waals surface area contributed by atoms with Gasteiger partial charge in [0.15, 0.2) is 0 Å². The predicted molar refractivity (Wildman–Crippen MR) is 114 cm³/mol. The maximum atomic E-state index is 12.7. The molecule has 11 heteroatoms. The van der Waals surface area contributed by atoms with Crippen LogP contribution < -0.4 is 16.1 Å². The van der Waals surface area contributed by atoms with Gasteiger partial charge in [-0.25, -0.2) is 23.5 Å². The summed E-state index contributed by atoms with van der Waals surface area (Å²) in [6, 6.07) is 11.9. The van der Waals surface area contributed by atoms with Gasteiger partial charge in [-0.1, -0.05) is 41.4 Å². The van der Waals surface area contributed by atoms with Crippen LogP contribution in [0.4, 0.5) is 13.2 Å². The first-order valence-corrected chi connectivity index (χ1v) is 9.55. The molecule has 1 aromatic heterocycles. The van der Waals surface area contributed by atoms with Crippen molar-refractivity contribution in [1.29, 1.82) is 0 Å². The van der Waals surface area contributed by atoms with Crippen molar-refractivity contribution in [2.24, 2.45) is 12.2 Å². The molecule has 0 fully saturated rings. The molecule has 0 atom stereocenters. The van der Waals surface area contributed by atoms with Gasteiger partial charge in [0, 0.05) is 18.2 Å². The van der Waals surface area contributed by atoms with E-state index in [4.69, 9.17) is 11.3 Å². The van der Waals surface area contributed by atoms with E-state index in [9.17, 15) is 22.8 Å². The zero-order chi connectivity index (χ0) is 24.2. The zero-order valence-corrected chi connectivity index (χ0v) is 17.7. The fraction of sp³-hybridized carbons (Fsp3) is 0.227. The quantitative estimate of drug-likeness (QED) is 0.309. The summed E-state index contributed by atoms with van der Waals surface area (Å²) in [4.78, 5) is 30.7.